The van der Waals surface area contributed by atoms with E-state index in [4.69, 9.17) is 11.6 Å². The van der Waals surface area contributed by atoms with Crippen LogP contribution in [0.4, 0.5) is 0 Å². The first-order valence-corrected chi connectivity index (χ1v) is 11.1. The summed E-state index contributed by atoms with van der Waals surface area (Å²) in [5.74, 6) is 0.222. The summed E-state index contributed by atoms with van der Waals surface area (Å²) in [6, 6.07) is 6.30. The zero-order valence-corrected chi connectivity index (χ0v) is 15.7. The summed E-state index contributed by atoms with van der Waals surface area (Å²) >= 11 is 5.98. The number of piperidine rings is 1. The Morgan fingerprint density at radius 3 is 2.22 bits per heavy atom. The number of benzene rings is 1. The summed E-state index contributed by atoms with van der Waals surface area (Å²) in [6.07, 6.45) is 0.664. The third-order valence-corrected chi connectivity index (χ3v) is 8.95. The fourth-order valence-corrected chi connectivity index (χ4v) is 6.92. The molecule has 0 N–H and O–H groups in total. The molecule has 1 aliphatic heterocycles. The van der Waals surface area contributed by atoms with Crippen LogP contribution in [0, 0.1) is 5.92 Å². The monoisotopic (exact) mass is 379 g/mol. The molecule has 1 aromatic carbocycles. The van der Waals surface area contributed by atoms with Crippen molar-refractivity contribution in [2.24, 2.45) is 5.92 Å². The minimum Gasteiger partial charge on any atom is -0.229 e. The van der Waals surface area contributed by atoms with E-state index in [0.29, 0.717) is 12.8 Å². The van der Waals surface area contributed by atoms with Crippen molar-refractivity contribution in [1.82, 2.24) is 4.31 Å². The van der Waals surface area contributed by atoms with Crippen molar-refractivity contribution in [2.45, 2.75) is 36.8 Å². The maximum absolute atomic E-state index is 12.6. The second-order valence-electron chi connectivity index (χ2n) is 6.26. The number of sulfone groups is 1. The molecule has 1 aliphatic rings. The van der Waals surface area contributed by atoms with E-state index >= 15 is 0 Å². The lowest BCUT2D eigenvalue weighted by atomic mass is 10.2. The molecule has 0 aliphatic carbocycles. The Morgan fingerprint density at radius 2 is 1.70 bits per heavy atom. The van der Waals surface area contributed by atoms with E-state index in [2.05, 4.69) is 0 Å². The van der Waals surface area contributed by atoms with Crippen LogP contribution in [-0.2, 0) is 19.9 Å². The molecule has 1 saturated heterocycles. The van der Waals surface area contributed by atoms with Gasteiger partial charge in [-0.15, -0.1) is 0 Å². The van der Waals surface area contributed by atoms with Crippen LogP contribution in [0.3, 0.4) is 0 Å². The van der Waals surface area contributed by atoms with Gasteiger partial charge in [0.05, 0.1) is 16.0 Å². The topological polar surface area (TPSA) is 71.5 Å². The van der Waals surface area contributed by atoms with E-state index in [-0.39, 0.29) is 34.7 Å². The lowest BCUT2D eigenvalue weighted by molar-refractivity contribution is 0.345. The second-order valence-corrected chi connectivity index (χ2v) is 10.9. The molecule has 0 amide bonds. The Kier molecular flexibility index (Phi) is 5.76. The van der Waals surface area contributed by atoms with Crippen LogP contribution in [0.1, 0.15) is 26.7 Å². The molecule has 0 radical (unpaired) electrons. The SMILES string of the molecule is CC(C)CS(=O)(=O)C1CCN(S(=O)(=O)c2ccccc2Cl)CC1. The zero-order chi connectivity index (χ0) is 17.3. The molecule has 23 heavy (non-hydrogen) atoms. The second kappa shape index (κ2) is 7.09. The Bertz CT molecular complexity index is 751. The summed E-state index contributed by atoms with van der Waals surface area (Å²) in [6.45, 7) is 4.15. The minimum atomic E-state index is -3.68. The molecular weight excluding hydrogens is 358 g/mol. The summed E-state index contributed by atoms with van der Waals surface area (Å²) < 4.78 is 51.2. The molecule has 5 nitrogen and oxygen atoms in total. The van der Waals surface area contributed by atoms with Crippen LogP contribution in [0.5, 0.6) is 0 Å². The fourth-order valence-electron chi connectivity index (χ4n) is 2.83. The number of nitrogens with zero attached hydrogens (tertiary/aromatic N) is 1. The third kappa shape index (κ3) is 4.26. The molecule has 0 unspecified atom stereocenters. The van der Waals surface area contributed by atoms with Crippen LogP contribution in [0.25, 0.3) is 0 Å². The molecule has 0 aromatic heterocycles. The molecule has 0 bridgehead atoms. The molecule has 0 spiro atoms. The molecule has 1 aromatic rings. The van der Waals surface area contributed by atoms with Gasteiger partial charge in [-0.25, -0.2) is 16.8 Å². The van der Waals surface area contributed by atoms with Gasteiger partial charge in [0.2, 0.25) is 10.0 Å². The van der Waals surface area contributed by atoms with Crippen LogP contribution >= 0.6 is 11.6 Å². The van der Waals surface area contributed by atoms with Crippen molar-refractivity contribution in [1.29, 1.82) is 0 Å². The van der Waals surface area contributed by atoms with Gasteiger partial charge in [-0.1, -0.05) is 37.6 Å². The molecule has 1 heterocycles. The summed E-state index contributed by atoms with van der Waals surface area (Å²) in [4.78, 5) is 0.0742. The smallest absolute Gasteiger partial charge is 0.229 e. The Hall–Kier alpha value is -0.630. The maximum Gasteiger partial charge on any atom is 0.244 e. The van der Waals surface area contributed by atoms with E-state index in [1.54, 1.807) is 12.1 Å². The average Bonchev–Trinajstić information content (AvgIpc) is 2.46. The van der Waals surface area contributed by atoms with Gasteiger partial charge in [-0.2, -0.15) is 4.31 Å². The fraction of sp³-hybridized carbons (Fsp3) is 0.600. The van der Waals surface area contributed by atoms with Crippen LogP contribution in [-0.4, -0.2) is 45.2 Å². The predicted octanol–water partition coefficient (Wildman–Crippen LogP) is 2.56. The first-order valence-electron chi connectivity index (χ1n) is 7.61. The summed E-state index contributed by atoms with van der Waals surface area (Å²) in [5.41, 5.74) is 0. The highest BCUT2D eigenvalue weighted by Gasteiger charge is 2.35. The highest BCUT2D eigenvalue weighted by atomic mass is 35.5. The summed E-state index contributed by atoms with van der Waals surface area (Å²) in [7, 11) is -6.85. The van der Waals surface area contributed by atoms with Gasteiger partial charge in [0.25, 0.3) is 0 Å². The minimum absolute atomic E-state index is 0.0740. The van der Waals surface area contributed by atoms with Crippen molar-refractivity contribution in [3.05, 3.63) is 29.3 Å². The largest absolute Gasteiger partial charge is 0.244 e. The maximum atomic E-state index is 12.6. The molecule has 2 rings (SSSR count). The van der Waals surface area contributed by atoms with E-state index in [0.717, 1.165) is 0 Å². The number of hydrogen-bond acceptors (Lipinski definition) is 4. The number of hydrogen-bond donors (Lipinski definition) is 0. The van der Waals surface area contributed by atoms with Crippen molar-refractivity contribution in [3.63, 3.8) is 0 Å². The van der Waals surface area contributed by atoms with Crippen molar-refractivity contribution < 1.29 is 16.8 Å². The number of sulfonamides is 1. The standard InChI is InChI=1S/C15H22ClNO4S2/c1-12(2)11-22(18,19)13-7-9-17(10-8-13)23(20,21)15-6-4-3-5-14(15)16/h3-6,12-13H,7-11H2,1-2H3. The normalized spacial score (nSPS) is 18.4. The molecule has 1 fully saturated rings. The highest BCUT2D eigenvalue weighted by molar-refractivity contribution is 7.92. The predicted molar refractivity (Wildman–Crippen MR) is 91.9 cm³/mol. The first-order chi connectivity index (χ1) is 10.6. The first kappa shape index (κ1) is 18.7. The van der Waals surface area contributed by atoms with Crippen LogP contribution in [0.15, 0.2) is 29.2 Å². The van der Waals surface area contributed by atoms with Gasteiger partial charge in [0, 0.05) is 13.1 Å². The Morgan fingerprint density at radius 1 is 1.13 bits per heavy atom. The molecular formula is C15H22ClNO4S2. The van der Waals surface area contributed by atoms with Gasteiger partial charge in [0.15, 0.2) is 9.84 Å². The average molecular weight is 380 g/mol. The lowest BCUT2D eigenvalue weighted by Gasteiger charge is -2.31. The van der Waals surface area contributed by atoms with E-state index in [1.807, 2.05) is 13.8 Å². The van der Waals surface area contributed by atoms with E-state index in [1.165, 1.54) is 16.4 Å². The van der Waals surface area contributed by atoms with Gasteiger partial charge in [-0.05, 0) is 30.9 Å². The molecule has 0 atom stereocenters. The van der Waals surface area contributed by atoms with E-state index in [9.17, 15) is 16.8 Å². The molecule has 8 heteroatoms. The quantitative estimate of drug-likeness (QED) is 0.788. The third-order valence-electron chi connectivity index (χ3n) is 3.93. The Balaban J connectivity index is 2.12. The number of rotatable bonds is 5. The van der Waals surface area contributed by atoms with Gasteiger partial charge in [-0.3, -0.25) is 0 Å². The Labute approximate surface area is 143 Å². The van der Waals surface area contributed by atoms with Crippen molar-refractivity contribution >= 4 is 31.5 Å². The highest BCUT2D eigenvalue weighted by Crippen LogP contribution is 2.28. The van der Waals surface area contributed by atoms with E-state index < -0.39 is 25.1 Å². The lowest BCUT2D eigenvalue weighted by Crippen LogP contribution is -2.43. The zero-order valence-electron chi connectivity index (χ0n) is 13.3. The van der Waals surface area contributed by atoms with Crippen LogP contribution < -0.4 is 0 Å². The molecule has 130 valence electrons. The van der Waals surface area contributed by atoms with Gasteiger partial charge in [0.1, 0.15) is 4.90 Å². The molecule has 0 saturated carbocycles. The number of halogens is 1. The van der Waals surface area contributed by atoms with Crippen LogP contribution in [0.2, 0.25) is 5.02 Å². The van der Waals surface area contributed by atoms with Crippen molar-refractivity contribution in [3.8, 4) is 0 Å². The van der Waals surface area contributed by atoms with Gasteiger partial charge >= 0.3 is 0 Å². The van der Waals surface area contributed by atoms with Crippen molar-refractivity contribution in [2.75, 3.05) is 18.8 Å². The summed E-state index contributed by atoms with van der Waals surface area (Å²) in [5, 5.41) is -0.273. The van der Waals surface area contributed by atoms with Gasteiger partial charge < -0.3 is 0 Å².